The van der Waals surface area contributed by atoms with Crippen molar-refractivity contribution in [3.63, 3.8) is 0 Å². The lowest BCUT2D eigenvalue weighted by atomic mass is 10.1. The van der Waals surface area contributed by atoms with Crippen molar-refractivity contribution in [3.8, 4) is 11.8 Å². The molecule has 0 unspecified atom stereocenters. The Bertz CT molecular complexity index is 523. The number of rotatable bonds is 2. The van der Waals surface area contributed by atoms with E-state index in [4.69, 9.17) is 5.11 Å². The molecule has 0 aromatic carbocycles. The van der Waals surface area contributed by atoms with Gasteiger partial charge in [-0.2, -0.15) is 0 Å². The predicted octanol–water partition coefficient (Wildman–Crippen LogP) is 2.22. The van der Waals surface area contributed by atoms with Crippen molar-refractivity contribution in [2.45, 2.75) is 38.5 Å². The molecule has 1 aromatic rings. The molecule has 4 nitrogen and oxygen atoms in total. The molecule has 1 amide bonds. The number of carbonyl (C=O) groups is 1. The van der Waals surface area contributed by atoms with Crippen molar-refractivity contribution in [1.82, 2.24) is 9.88 Å². The Morgan fingerprint density at radius 2 is 1.95 bits per heavy atom. The van der Waals surface area contributed by atoms with Crippen LogP contribution in [-0.4, -0.2) is 40.6 Å². The maximum atomic E-state index is 12.7. The molecule has 0 radical (unpaired) electrons. The van der Waals surface area contributed by atoms with Gasteiger partial charge in [-0.25, -0.2) is 0 Å². The fourth-order valence-corrected chi connectivity index (χ4v) is 2.52. The minimum absolute atomic E-state index is 0.0304. The lowest BCUT2D eigenvalue weighted by molar-refractivity contribution is 0.0742. The summed E-state index contributed by atoms with van der Waals surface area (Å²) in [6.07, 6.45) is 9.48. The van der Waals surface area contributed by atoms with Gasteiger partial charge in [0, 0.05) is 31.9 Å². The Labute approximate surface area is 126 Å². The van der Waals surface area contributed by atoms with Crippen molar-refractivity contribution in [3.05, 3.63) is 29.6 Å². The molecule has 1 aliphatic heterocycles. The Hall–Kier alpha value is -1.86. The zero-order valence-electron chi connectivity index (χ0n) is 12.3. The van der Waals surface area contributed by atoms with Gasteiger partial charge in [0.15, 0.2) is 0 Å². The monoisotopic (exact) mass is 286 g/mol. The first-order valence-corrected chi connectivity index (χ1v) is 7.66. The molecule has 112 valence electrons. The quantitative estimate of drug-likeness (QED) is 0.848. The van der Waals surface area contributed by atoms with E-state index in [0.29, 0.717) is 17.5 Å². The van der Waals surface area contributed by atoms with Crippen molar-refractivity contribution in [2.24, 2.45) is 0 Å². The van der Waals surface area contributed by atoms with E-state index in [9.17, 15) is 4.79 Å². The molecule has 2 heterocycles. The van der Waals surface area contributed by atoms with Crippen molar-refractivity contribution < 1.29 is 9.90 Å². The molecular weight excluding hydrogens is 264 g/mol. The summed E-state index contributed by atoms with van der Waals surface area (Å²) < 4.78 is 0. The number of aromatic nitrogens is 1. The van der Waals surface area contributed by atoms with Crippen molar-refractivity contribution in [1.29, 1.82) is 0 Å². The van der Waals surface area contributed by atoms with Gasteiger partial charge in [-0.15, -0.1) is 0 Å². The van der Waals surface area contributed by atoms with E-state index in [1.807, 2.05) is 4.90 Å². The van der Waals surface area contributed by atoms with Crippen molar-refractivity contribution in [2.75, 3.05) is 19.7 Å². The molecule has 0 spiro atoms. The van der Waals surface area contributed by atoms with Crippen LogP contribution in [0.1, 0.15) is 54.4 Å². The average Bonchev–Trinajstić information content (AvgIpc) is 2.47. The highest BCUT2D eigenvalue weighted by molar-refractivity contribution is 5.96. The number of hydrogen-bond donors (Lipinski definition) is 1. The van der Waals surface area contributed by atoms with E-state index in [1.54, 1.807) is 18.5 Å². The average molecular weight is 286 g/mol. The zero-order valence-corrected chi connectivity index (χ0v) is 12.3. The number of aliphatic hydroxyl groups is 1. The fraction of sp³-hybridized carbons (Fsp3) is 0.529. The fourth-order valence-electron chi connectivity index (χ4n) is 2.52. The highest BCUT2D eigenvalue weighted by Gasteiger charge is 2.18. The second-order valence-electron chi connectivity index (χ2n) is 5.26. The predicted molar refractivity (Wildman–Crippen MR) is 81.8 cm³/mol. The van der Waals surface area contributed by atoms with E-state index in [-0.39, 0.29) is 12.5 Å². The maximum absolute atomic E-state index is 12.7. The summed E-state index contributed by atoms with van der Waals surface area (Å²) in [5, 5.41) is 8.79. The Morgan fingerprint density at radius 3 is 2.67 bits per heavy atom. The normalized spacial score (nSPS) is 15.6. The molecule has 0 aliphatic carbocycles. The molecule has 1 N–H and O–H groups in total. The van der Waals surface area contributed by atoms with Gasteiger partial charge in [0.1, 0.15) is 0 Å². The molecule has 21 heavy (non-hydrogen) atoms. The molecular formula is C17H22N2O2. The largest absolute Gasteiger partial charge is 0.395 e. The number of likely N-dealkylation sites (tertiary alicyclic amines) is 1. The van der Waals surface area contributed by atoms with Crippen LogP contribution < -0.4 is 0 Å². The Morgan fingerprint density at radius 1 is 1.24 bits per heavy atom. The van der Waals surface area contributed by atoms with E-state index in [2.05, 4.69) is 16.8 Å². The van der Waals surface area contributed by atoms with Crippen LogP contribution >= 0.6 is 0 Å². The number of hydrogen-bond acceptors (Lipinski definition) is 3. The summed E-state index contributed by atoms with van der Waals surface area (Å²) in [7, 11) is 0. The SMILES string of the molecule is O=C(c1ccncc1C#CCCO)N1CCCCCCC1. The van der Waals surface area contributed by atoms with Crippen LogP contribution in [0.3, 0.4) is 0 Å². The molecule has 1 aromatic heterocycles. The number of amides is 1. The smallest absolute Gasteiger partial charge is 0.255 e. The first kappa shape index (κ1) is 15.5. The molecule has 0 saturated carbocycles. The molecule has 2 rings (SSSR count). The highest BCUT2D eigenvalue weighted by atomic mass is 16.2. The van der Waals surface area contributed by atoms with Crippen LogP contribution in [-0.2, 0) is 0 Å². The second-order valence-corrected chi connectivity index (χ2v) is 5.26. The number of pyridine rings is 1. The van der Waals surface area contributed by atoms with Gasteiger partial charge in [0.25, 0.3) is 5.91 Å². The number of nitrogens with zero attached hydrogens (tertiary/aromatic N) is 2. The van der Waals surface area contributed by atoms with Crippen LogP contribution in [0, 0.1) is 11.8 Å². The Balaban J connectivity index is 2.16. The minimum Gasteiger partial charge on any atom is -0.395 e. The van der Waals surface area contributed by atoms with Gasteiger partial charge in [-0.3, -0.25) is 9.78 Å². The summed E-state index contributed by atoms with van der Waals surface area (Å²) in [4.78, 5) is 18.7. The summed E-state index contributed by atoms with van der Waals surface area (Å²) >= 11 is 0. The summed E-state index contributed by atoms with van der Waals surface area (Å²) in [6.45, 7) is 1.68. The molecule has 0 atom stereocenters. The topological polar surface area (TPSA) is 53.4 Å². The first-order valence-electron chi connectivity index (χ1n) is 7.66. The van der Waals surface area contributed by atoms with E-state index >= 15 is 0 Å². The number of aliphatic hydroxyl groups excluding tert-OH is 1. The summed E-state index contributed by atoms with van der Waals surface area (Å²) in [5.74, 6) is 5.85. The number of carbonyl (C=O) groups excluding carboxylic acids is 1. The standard InChI is InChI=1S/C17H22N2O2/c20-13-7-4-8-15-14-18-10-9-16(15)17(21)19-11-5-2-1-3-6-12-19/h9-10,14,20H,1-3,5-7,11-13H2. The lowest BCUT2D eigenvalue weighted by Gasteiger charge is -2.25. The van der Waals surface area contributed by atoms with Crippen LogP contribution in [0.2, 0.25) is 0 Å². The molecule has 1 aliphatic rings. The van der Waals surface area contributed by atoms with Gasteiger partial charge in [-0.1, -0.05) is 31.1 Å². The van der Waals surface area contributed by atoms with Gasteiger partial charge < -0.3 is 10.0 Å². The zero-order chi connectivity index (χ0) is 14.9. The van der Waals surface area contributed by atoms with E-state index in [1.165, 1.54) is 19.3 Å². The van der Waals surface area contributed by atoms with Crippen LogP contribution in [0.5, 0.6) is 0 Å². The van der Waals surface area contributed by atoms with Gasteiger partial charge in [-0.05, 0) is 18.9 Å². The molecule has 4 heteroatoms. The Kier molecular flexibility index (Phi) is 6.23. The van der Waals surface area contributed by atoms with Crippen molar-refractivity contribution >= 4 is 5.91 Å². The lowest BCUT2D eigenvalue weighted by Crippen LogP contribution is -2.34. The second kappa shape index (κ2) is 8.43. The maximum Gasteiger partial charge on any atom is 0.255 e. The van der Waals surface area contributed by atoms with E-state index < -0.39 is 0 Å². The molecule has 0 bridgehead atoms. The van der Waals surface area contributed by atoms with Crippen LogP contribution in [0.15, 0.2) is 18.5 Å². The van der Waals surface area contributed by atoms with Crippen LogP contribution in [0.25, 0.3) is 0 Å². The van der Waals surface area contributed by atoms with E-state index in [0.717, 1.165) is 25.9 Å². The molecule has 1 saturated heterocycles. The highest BCUT2D eigenvalue weighted by Crippen LogP contribution is 2.15. The van der Waals surface area contributed by atoms with Crippen LogP contribution in [0.4, 0.5) is 0 Å². The first-order chi connectivity index (χ1) is 10.3. The summed E-state index contributed by atoms with van der Waals surface area (Å²) in [5.41, 5.74) is 1.27. The minimum atomic E-state index is 0.0304. The van der Waals surface area contributed by atoms with Gasteiger partial charge in [0.05, 0.1) is 17.7 Å². The van der Waals surface area contributed by atoms with Gasteiger partial charge in [0.2, 0.25) is 0 Å². The molecule has 1 fully saturated rings. The third-order valence-electron chi connectivity index (χ3n) is 3.65. The summed E-state index contributed by atoms with van der Waals surface area (Å²) in [6, 6.07) is 1.74. The third kappa shape index (κ3) is 4.57. The van der Waals surface area contributed by atoms with Gasteiger partial charge >= 0.3 is 0 Å². The third-order valence-corrected chi connectivity index (χ3v) is 3.65.